The smallest absolute Gasteiger partial charge is 0.332 e. The van der Waals surface area contributed by atoms with Crippen LogP contribution < -0.4 is 5.32 Å². The molecule has 1 N–H and O–H groups in total. The molecule has 0 fully saturated rings. The van der Waals surface area contributed by atoms with Crippen molar-refractivity contribution in [3.05, 3.63) is 21.1 Å². The van der Waals surface area contributed by atoms with Crippen molar-refractivity contribution in [3.8, 4) is 0 Å². The monoisotopic (exact) mass is 244 g/mol. The number of rotatable bonds is 4. The molecule has 1 rings (SSSR count). The van der Waals surface area contributed by atoms with E-state index in [1.807, 2.05) is 13.8 Å². The number of nitrogens with zero attached hydrogens (tertiary/aromatic N) is 3. The number of nitrogens with one attached hydrogen (secondary N) is 1. The second kappa shape index (κ2) is 5.07. The lowest BCUT2D eigenvalue weighted by Crippen LogP contribution is -2.12. The molecule has 0 radical (unpaired) electrons. The fourth-order valence-electron chi connectivity index (χ4n) is 1.18. The van der Waals surface area contributed by atoms with Crippen molar-refractivity contribution in [2.75, 3.05) is 11.9 Å². The van der Waals surface area contributed by atoms with Crippen molar-refractivity contribution in [1.29, 1.82) is 0 Å². The molecular formula is C9H13ClN4O2. The minimum atomic E-state index is -0.506. The maximum atomic E-state index is 10.8. The highest BCUT2D eigenvalue weighted by Crippen LogP contribution is 2.26. The second-order valence-electron chi connectivity index (χ2n) is 3.81. The van der Waals surface area contributed by atoms with Gasteiger partial charge in [0, 0.05) is 6.54 Å². The van der Waals surface area contributed by atoms with Crippen LogP contribution in [0.4, 0.5) is 11.5 Å². The van der Waals surface area contributed by atoms with Crippen molar-refractivity contribution in [2.24, 2.45) is 5.92 Å². The first-order valence-corrected chi connectivity index (χ1v) is 5.22. The fourth-order valence-corrected chi connectivity index (χ4v) is 1.39. The fraction of sp³-hybridized carbons (Fsp3) is 0.556. The van der Waals surface area contributed by atoms with Crippen LogP contribution in [-0.2, 0) is 0 Å². The minimum absolute atomic E-state index is 0.00866. The predicted octanol–water partition coefficient (Wildman–Crippen LogP) is 2.41. The van der Waals surface area contributed by atoms with E-state index in [0.717, 1.165) is 0 Å². The summed E-state index contributed by atoms with van der Waals surface area (Å²) >= 11 is 5.66. The van der Waals surface area contributed by atoms with Crippen LogP contribution in [0.3, 0.4) is 0 Å². The Morgan fingerprint density at radius 3 is 2.62 bits per heavy atom. The third-order valence-electron chi connectivity index (χ3n) is 1.89. The summed E-state index contributed by atoms with van der Waals surface area (Å²) in [5.41, 5.74) is 0.140. The summed E-state index contributed by atoms with van der Waals surface area (Å²) in [5.74, 6) is 0.532. The maximum absolute atomic E-state index is 10.8. The number of nitro groups is 1. The molecule has 6 nitrogen and oxygen atoms in total. The van der Waals surface area contributed by atoms with Gasteiger partial charge in [-0.3, -0.25) is 10.1 Å². The van der Waals surface area contributed by atoms with Crippen molar-refractivity contribution in [2.45, 2.75) is 20.8 Å². The predicted molar refractivity (Wildman–Crippen MR) is 61.8 cm³/mol. The highest BCUT2D eigenvalue weighted by atomic mass is 35.5. The minimum Gasteiger partial charge on any atom is -0.364 e. The van der Waals surface area contributed by atoms with Crippen LogP contribution in [0.25, 0.3) is 0 Å². The highest BCUT2D eigenvalue weighted by Gasteiger charge is 2.21. The van der Waals surface area contributed by atoms with Crippen molar-refractivity contribution in [1.82, 2.24) is 9.97 Å². The lowest BCUT2D eigenvalue weighted by molar-refractivity contribution is -0.385. The first-order valence-electron chi connectivity index (χ1n) is 4.84. The zero-order chi connectivity index (χ0) is 12.3. The molecule has 0 unspecified atom stereocenters. The number of hydrogen-bond acceptors (Lipinski definition) is 5. The molecular weight excluding hydrogens is 232 g/mol. The number of hydrogen-bond donors (Lipinski definition) is 1. The molecule has 7 heteroatoms. The van der Waals surface area contributed by atoms with Gasteiger partial charge in [-0.15, -0.1) is 0 Å². The molecule has 1 aromatic heterocycles. The van der Waals surface area contributed by atoms with E-state index in [-0.39, 0.29) is 22.5 Å². The summed E-state index contributed by atoms with van der Waals surface area (Å²) in [6, 6.07) is 0. The summed E-state index contributed by atoms with van der Waals surface area (Å²) in [4.78, 5) is 17.9. The number of anilines is 1. The first-order chi connectivity index (χ1) is 7.41. The van der Waals surface area contributed by atoms with Gasteiger partial charge in [-0.1, -0.05) is 13.8 Å². The van der Waals surface area contributed by atoms with Gasteiger partial charge in [0.2, 0.25) is 11.1 Å². The van der Waals surface area contributed by atoms with Gasteiger partial charge in [-0.2, -0.15) is 4.98 Å². The van der Waals surface area contributed by atoms with E-state index in [9.17, 15) is 10.1 Å². The van der Waals surface area contributed by atoms with Crippen LogP contribution in [0, 0.1) is 23.0 Å². The second-order valence-corrected chi connectivity index (χ2v) is 4.15. The molecule has 88 valence electrons. The van der Waals surface area contributed by atoms with Gasteiger partial charge in [0.1, 0.15) is 5.69 Å². The van der Waals surface area contributed by atoms with Gasteiger partial charge in [-0.05, 0) is 24.4 Å². The summed E-state index contributed by atoms with van der Waals surface area (Å²) < 4.78 is 0. The van der Waals surface area contributed by atoms with Crippen LogP contribution in [-0.4, -0.2) is 21.4 Å². The highest BCUT2D eigenvalue weighted by molar-refractivity contribution is 6.28. The van der Waals surface area contributed by atoms with Crippen LogP contribution in [0.15, 0.2) is 0 Å². The summed E-state index contributed by atoms with van der Waals surface area (Å²) in [5, 5.41) is 13.7. The lowest BCUT2D eigenvalue weighted by Gasteiger charge is -2.09. The third-order valence-corrected chi connectivity index (χ3v) is 2.06. The Morgan fingerprint density at radius 2 is 2.12 bits per heavy atom. The van der Waals surface area contributed by atoms with Gasteiger partial charge in [0.25, 0.3) is 0 Å². The molecule has 0 amide bonds. The molecule has 0 aliphatic heterocycles. The molecule has 0 saturated heterocycles. The van der Waals surface area contributed by atoms with Gasteiger partial charge in [0.15, 0.2) is 0 Å². The number of halogens is 1. The Hall–Kier alpha value is -1.43. The van der Waals surface area contributed by atoms with Gasteiger partial charge >= 0.3 is 5.69 Å². The van der Waals surface area contributed by atoms with Gasteiger partial charge in [0.05, 0.1) is 4.92 Å². The van der Waals surface area contributed by atoms with E-state index in [4.69, 9.17) is 11.6 Å². The lowest BCUT2D eigenvalue weighted by atomic mass is 10.2. The Kier molecular flexibility index (Phi) is 4.00. The van der Waals surface area contributed by atoms with Crippen molar-refractivity contribution >= 4 is 23.1 Å². The molecule has 0 atom stereocenters. The molecule has 0 bridgehead atoms. The van der Waals surface area contributed by atoms with E-state index in [0.29, 0.717) is 12.5 Å². The third kappa shape index (κ3) is 3.03. The molecule has 16 heavy (non-hydrogen) atoms. The zero-order valence-corrected chi connectivity index (χ0v) is 10.1. The van der Waals surface area contributed by atoms with Crippen LogP contribution in [0.1, 0.15) is 19.5 Å². The largest absolute Gasteiger partial charge is 0.364 e. The molecule has 0 aromatic carbocycles. The van der Waals surface area contributed by atoms with Crippen LogP contribution >= 0.6 is 11.6 Å². The Morgan fingerprint density at radius 1 is 1.50 bits per heavy atom. The maximum Gasteiger partial charge on any atom is 0.332 e. The van der Waals surface area contributed by atoms with Crippen LogP contribution in [0.2, 0.25) is 5.28 Å². The van der Waals surface area contributed by atoms with Crippen LogP contribution in [0.5, 0.6) is 0 Å². The zero-order valence-electron chi connectivity index (χ0n) is 9.32. The standard InChI is InChI=1S/C9H13ClN4O2/c1-5(2)4-11-8-7(14(15)16)6(3)12-9(10)13-8/h5H,4H2,1-3H3,(H,11,12,13). The van der Waals surface area contributed by atoms with E-state index < -0.39 is 4.92 Å². The average molecular weight is 245 g/mol. The van der Waals surface area contributed by atoms with Crippen molar-refractivity contribution in [3.63, 3.8) is 0 Å². The summed E-state index contributed by atoms with van der Waals surface area (Å²) in [6.07, 6.45) is 0. The number of aromatic nitrogens is 2. The van der Waals surface area contributed by atoms with Gasteiger partial charge in [-0.25, -0.2) is 4.98 Å². The normalized spacial score (nSPS) is 10.6. The van der Waals surface area contributed by atoms with E-state index >= 15 is 0 Å². The molecule has 0 saturated carbocycles. The number of aryl methyl sites for hydroxylation is 1. The summed E-state index contributed by atoms with van der Waals surface area (Å²) in [7, 11) is 0. The Balaban J connectivity index is 3.09. The SMILES string of the molecule is Cc1nc(Cl)nc(NCC(C)C)c1[N+](=O)[O-]. The Bertz CT molecular complexity index is 409. The van der Waals surface area contributed by atoms with Gasteiger partial charge < -0.3 is 5.32 Å². The van der Waals surface area contributed by atoms with Crippen molar-refractivity contribution < 1.29 is 4.92 Å². The van der Waals surface area contributed by atoms with E-state index in [1.54, 1.807) is 0 Å². The van der Waals surface area contributed by atoms with E-state index in [2.05, 4.69) is 15.3 Å². The molecule has 0 spiro atoms. The molecule has 0 aliphatic carbocycles. The molecule has 0 aliphatic rings. The Labute approximate surface area is 98.2 Å². The average Bonchev–Trinajstić information content (AvgIpc) is 2.12. The quantitative estimate of drug-likeness (QED) is 0.500. The first kappa shape index (κ1) is 12.6. The topological polar surface area (TPSA) is 81.0 Å². The summed E-state index contributed by atoms with van der Waals surface area (Å²) in [6.45, 7) is 6.11. The molecule has 1 aromatic rings. The van der Waals surface area contributed by atoms with E-state index in [1.165, 1.54) is 6.92 Å². The molecule has 1 heterocycles.